The zero-order valence-electron chi connectivity index (χ0n) is 12.4. The van der Waals surface area contributed by atoms with Crippen molar-refractivity contribution in [3.63, 3.8) is 0 Å². The molecule has 4 nitrogen and oxygen atoms in total. The lowest BCUT2D eigenvalue weighted by molar-refractivity contribution is 0.00803. The number of carbonyl (C=O) groups is 1. The molecule has 2 rings (SSSR count). The van der Waals surface area contributed by atoms with Crippen LogP contribution in [-0.4, -0.2) is 19.2 Å². The molecule has 0 spiro atoms. The van der Waals surface area contributed by atoms with Crippen molar-refractivity contribution in [3.8, 4) is 5.75 Å². The number of benzene rings is 1. The van der Waals surface area contributed by atoms with Crippen LogP contribution in [0.4, 0.5) is 5.69 Å². The molecule has 0 aromatic heterocycles. The van der Waals surface area contributed by atoms with Gasteiger partial charge in [-0.15, -0.1) is 0 Å². The largest absolute Gasteiger partial charge is 0.497 e. The van der Waals surface area contributed by atoms with Gasteiger partial charge in [0.1, 0.15) is 11.9 Å². The minimum absolute atomic E-state index is 0.00803. The van der Waals surface area contributed by atoms with Gasteiger partial charge in [-0.1, -0.05) is 13.8 Å². The number of hydrogen-bond donors (Lipinski definition) is 1. The van der Waals surface area contributed by atoms with Crippen molar-refractivity contribution in [2.45, 2.75) is 39.2 Å². The first kappa shape index (κ1) is 14.7. The van der Waals surface area contributed by atoms with Gasteiger partial charge in [0.25, 0.3) is 0 Å². The Balaban J connectivity index is 2.06. The third kappa shape index (κ3) is 3.65. The molecule has 1 saturated carbocycles. The van der Waals surface area contributed by atoms with Gasteiger partial charge in [0.15, 0.2) is 0 Å². The van der Waals surface area contributed by atoms with E-state index in [9.17, 15) is 4.79 Å². The maximum atomic E-state index is 12.2. The van der Waals surface area contributed by atoms with E-state index in [2.05, 4.69) is 13.8 Å². The molecule has 20 heavy (non-hydrogen) atoms. The second kappa shape index (κ2) is 6.16. The number of nitrogen functional groups attached to an aromatic ring is 1. The van der Waals surface area contributed by atoms with Crippen LogP contribution < -0.4 is 10.5 Å². The van der Waals surface area contributed by atoms with Crippen molar-refractivity contribution in [2.24, 2.45) is 11.8 Å². The Morgan fingerprint density at radius 1 is 1.15 bits per heavy atom. The Labute approximate surface area is 120 Å². The number of nitrogens with two attached hydrogens (primary N) is 1. The molecule has 1 aromatic rings. The minimum atomic E-state index is -0.318. The predicted molar refractivity (Wildman–Crippen MR) is 78.8 cm³/mol. The summed E-state index contributed by atoms with van der Waals surface area (Å²) < 4.78 is 10.7. The Morgan fingerprint density at radius 2 is 1.80 bits per heavy atom. The highest BCUT2D eigenvalue weighted by Crippen LogP contribution is 2.31. The molecule has 4 heteroatoms. The summed E-state index contributed by atoms with van der Waals surface area (Å²) >= 11 is 0. The first-order valence-electron chi connectivity index (χ1n) is 7.13. The van der Waals surface area contributed by atoms with E-state index >= 15 is 0 Å². The van der Waals surface area contributed by atoms with Crippen molar-refractivity contribution in [1.82, 2.24) is 0 Å². The van der Waals surface area contributed by atoms with Crippen LogP contribution in [-0.2, 0) is 4.74 Å². The normalized spacial score (nSPS) is 26.1. The topological polar surface area (TPSA) is 61.5 Å². The summed E-state index contributed by atoms with van der Waals surface area (Å²) in [5, 5.41) is 0. The van der Waals surface area contributed by atoms with Gasteiger partial charge in [0, 0.05) is 11.8 Å². The van der Waals surface area contributed by atoms with E-state index in [-0.39, 0.29) is 12.1 Å². The molecule has 1 fully saturated rings. The summed E-state index contributed by atoms with van der Waals surface area (Å²) in [6, 6.07) is 4.97. The van der Waals surface area contributed by atoms with Crippen LogP contribution in [0.15, 0.2) is 18.2 Å². The van der Waals surface area contributed by atoms with Gasteiger partial charge in [0.2, 0.25) is 0 Å². The Bertz CT molecular complexity index is 477. The van der Waals surface area contributed by atoms with Crippen LogP contribution in [0.3, 0.4) is 0 Å². The van der Waals surface area contributed by atoms with Crippen LogP contribution >= 0.6 is 0 Å². The predicted octanol–water partition coefficient (Wildman–Crippen LogP) is 3.26. The van der Waals surface area contributed by atoms with E-state index in [0.29, 0.717) is 28.8 Å². The summed E-state index contributed by atoms with van der Waals surface area (Å²) in [4.78, 5) is 12.2. The van der Waals surface area contributed by atoms with E-state index in [4.69, 9.17) is 15.2 Å². The number of hydrogen-bond acceptors (Lipinski definition) is 4. The molecule has 1 aliphatic carbocycles. The quantitative estimate of drug-likeness (QED) is 0.680. The van der Waals surface area contributed by atoms with E-state index in [1.165, 1.54) is 6.42 Å². The van der Waals surface area contributed by atoms with Gasteiger partial charge in [-0.25, -0.2) is 4.79 Å². The first-order valence-corrected chi connectivity index (χ1v) is 7.13. The highest BCUT2D eigenvalue weighted by atomic mass is 16.5. The average Bonchev–Trinajstić information content (AvgIpc) is 2.36. The zero-order chi connectivity index (χ0) is 14.7. The number of methoxy groups -OCH3 is 1. The van der Waals surface area contributed by atoms with Crippen molar-refractivity contribution >= 4 is 11.7 Å². The third-order valence-electron chi connectivity index (χ3n) is 3.81. The number of esters is 1. The molecule has 0 aliphatic heterocycles. The second-order valence-electron chi connectivity index (χ2n) is 5.94. The van der Waals surface area contributed by atoms with Crippen molar-refractivity contribution in [2.75, 3.05) is 12.8 Å². The van der Waals surface area contributed by atoms with Gasteiger partial charge in [-0.2, -0.15) is 0 Å². The fourth-order valence-corrected chi connectivity index (χ4v) is 3.05. The van der Waals surface area contributed by atoms with Gasteiger partial charge >= 0.3 is 5.97 Å². The molecular weight excluding hydrogens is 254 g/mol. The van der Waals surface area contributed by atoms with Gasteiger partial charge < -0.3 is 15.2 Å². The van der Waals surface area contributed by atoms with Gasteiger partial charge in [-0.3, -0.25) is 0 Å². The lowest BCUT2D eigenvalue weighted by Gasteiger charge is -2.31. The fraction of sp³-hybridized carbons (Fsp3) is 0.562. The number of ether oxygens (including phenoxy) is 2. The lowest BCUT2D eigenvalue weighted by atomic mass is 9.82. The molecule has 0 radical (unpaired) electrons. The average molecular weight is 277 g/mol. The van der Waals surface area contributed by atoms with E-state index in [1.54, 1.807) is 25.3 Å². The highest BCUT2D eigenvalue weighted by molar-refractivity contribution is 5.91. The van der Waals surface area contributed by atoms with Gasteiger partial charge in [-0.05, 0) is 43.2 Å². The lowest BCUT2D eigenvalue weighted by Crippen LogP contribution is -2.28. The van der Waals surface area contributed by atoms with Gasteiger partial charge in [0.05, 0.1) is 12.7 Å². The van der Waals surface area contributed by atoms with Crippen LogP contribution in [0.25, 0.3) is 0 Å². The number of rotatable bonds is 3. The minimum Gasteiger partial charge on any atom is -0.497 e. The van der Waals surface area contributed by atoms with E-state index in [1.807, 2.05) is 0 Å². The molecule has 110 valence electrons. The number of carbonyl (C=O) groups excluding carboxylic acids is 1. The molecule has 2 N–H and O–H groups in total. The van der Waals surface area contributed by atoms with Crippen molar-refractivity contribution < 1.29 is 14.3 Å². The summed E-state index contributed by atoms with van der Waals surface area (Å²) in [6.07, 6.45) is 3.10. The molecule has 0 saturated heterocycles. The standard InChI is InChI=1S/C16H23NO3/c1-10-4-11(2)6-15(5-10)20-16(18)12-7-13(17)9-14(8-12)19-3/h7-11,15H,4-6,17H2,1-3H3. The maximum Gasteiger partial charge on any atom is 0.338 e. The molecule has 2 unspecified atom stereocenters. The summed E-state index contributed by atoms with van der Waals surface area (Å²) in [5.74, 6) is 1.46. The molecule has 0 amide bonds. The molecule has 0 bridgehead atoms. The SMILES string of the molecule is COc1cc(N)cc(C(=O)OC2CC(C)CC(C)C2)c1. The molecule has 1 aliphatic rings. The highest BCUT2D eigenvalue weighted by Gasteiger charge is 2.27. The summed E-state index contributed by atoms with van der Waals surface area (Å²) in [5.41, 5.74) is 6.72. The van der Waals surface area contributed by atoms with Crippen LogP contribution in [0.2, 0.25) is 0 Å². The second-order valence-corrected chi connectivity index (χ2v) is 5.94. The van der Waals surface area contributed by atoms with Crippen LogP contribution in [0.5, 0.6) is 5.75 Å². The summed E-state index contributed by atoms with van der Waals surface area (Å²) in [7, 11) is 1.55. The Kier molecular flexibility index (Phi) is 4.53. The van der Waals surface area contributed by atoms with E-state index < -0.39 is 0 Å². The smallest absolute Gasteiger partial charge is 0.338 e. The first-order chi connectivity index (χ1) is 9.47. The van der Waals surface area contributed by atoms with Crippen molar-refractivity contribution in [1.29, 1.82) is 0 Å². The molecule has 2 atom stereocenters. The Hall–Kier alpha value is -1.71. The van der Waals surface area contributed by atoms with Crippen LogP contribution in [0.1, 0.15) is 43.5 Å². The molecule has 0 heterocycles. The molecular formula is C16H23NO3. The maximum absolute atomic E-state index is 12.2. The fourth-order valence-electron chi connectivity index (χ4n) is 3.05. The Morgan fingerprint density at radius 3 is 2.40 bits per heavy atom. The summed E-state index contributed by atoms with van der Waals surface area (Å²) in [6.45, 7) is 4.42. The zero-order valence-corrected chi connectivity index (χ0v) is 12.4. The molecule has 1 aromatic carbocycles. The van der Waals surface area contributed by atoms with Crippen molar-refractivity contribution in [3.05, 3.63) is 23.8 Å². The van der Waals surface area contributed by atoms with E-state index in [0.717, 1.165) is 12.8 Å². The van der Waals surface area contributed by atoms with Crippen LogP contribution in [0, 0.1) is 11.8 Å². The third-order valence-corrected chi connectivity index (χ3v) is 3.81. The number of anilines is 1. The monoisotopic (exact) mass is 277 g/mol.